The number of benzene rings is 1. The molecular formula is C16H19ClN8O. The average molecular weight is 375 g/mol. The van der Waals surface area contributed by atoms with E-state index in [0.29, 0.717) is 40.2 Å². The van der Waals surface area contributed by atoms with Crippen molar-refractivity contribution in [1.29, 1.82) is 0 Å². The van der Waals surface area contributed by atoms with Crippen LogP contribution in [0.2, 0.25) is 5.02 Å². The summed E-state index contributed by atoms with van der Waals surface area (Å²) in [5.41, 5.74) is 8.42. The number of nitrogen functional groups attached to an aromatic ring is 1. The first-order valence-corrected chi connectivity index (χ1v) is 8.78. The summed E-state index contributed by atoms with van der Waals surface area (Å²) in [7, 11) is 0. The molecule has 1 saturated heterocycles. The van der Waals surface area contributed by atoms with Crippen molar-refractivity contribution in [2.75, 3.05) is 29.1 Å². The molecule has 3 heterocycles. The Hall–Kier alpha value is -2.65. The Morgan fingerprint density at radius 3 is 3.04 bits per heavy atom. The first-order valence-electron chi connectivity index (χ1n) is 8.40. The van der Waals surface area contributed by atoms with Crippen molar-refractivity contribution >= 4 is 40.2 Å². The Morgan fingerprint density at radius 2 is 2.23 bits per heavy atom. The van der Waals surface area contributed by atoms with E-state index in [9.17, 15) is 5.11 Å². The molecule has 0 aliphatic carbocycles. The van der Waals surface area contributed by atoms with Gasteiger partial charge in [0.25, 0.3) is 0 Å². The maximum atomic E-state index is 9.58. The minimum absolute atomic E-state index is 0.0198. The number of aliphatic hydroxyl groups is 1. The van der Waals surface area contributed by atoms with Gasteiger partial charge in [0.15, 0.2) is 11.3 Å². The molecule has 1 aliphatic rings. The number of aromatic nitrogens is 5. The number of aromatic amines is 1. The van der Waals surface area contributed by atoms with Gasteiger partial charge >= 0.3 is 0 Å². The van der Waals surface area contributed by atoms with Gasteiger partial charge in [0.1, 0.15) is 0 Å². The molecule has 9 nitrogen and oxygen atoms in total. The molecule has 1 aromatic carbocycles. The number of hydrogen-bond donors (Lipinski definition) is 4. The van der Waals surface area contributed by atoms with Gasteiger partial charge in [-0.1, -0.05) is 17.7 Å². The molecule has 0 bridgehead atoms. The van der Waals surface area contributed by atoms with Crippen LogP contribution in [0.4, 0.5) is 17.5 Å². The van der Waals surface area contributed by atoms with Crippen LogP contribution in [-0.4, -0.2) is 49.7 Å². The van der Waals surface area contributed by atoms with E-state index in [2.05, 4.69) is 30.7 Å². The Kier molecular flexibility index (Phi) is 4.48. The molecule has 136 valence electrons. The van der Waals surface area contributed by atoms with Crippen LogP contribution < -0.4 is 16.0 Å². The maximum absolute atomic E-state index is 9.58. The lowest BCUT2D eigenvalue weighted by Crippen LogP contribution is -2.33. The minimum atomic E-state index is 0.0198. The van der Waals surface area contributed by atoms with E-state index in [1.165, 1.54) is 0 Å². The third-order valence-electron chi connectivity index (χ3n) is 4.60. The number of nitrogens with one attached hydrogen (secondary N) is 2. The number of aliphatic hydroxyl groups excluding tert-OH is 1. The highest BCUT2D eigenvalue weighted by atomic mass is 35.5. The Balaban J connectivity index is 1.67. The third-order valence-corrected chi connectivity index (χ3v) is 4.96. The highest BCUT2D eigenvalue weighted by Crippen LogP contribution is 2.28. The number of halogens is 1. The highest BCUT2D eigenvalue weighted by molar-refractivity contribution is 6.31. The highest BCUT2D eigenvalue weighted by Gasteiger charge is 2.27. The standard InChI is InChI=1S/C16H19ClN8O/c17-11-4-1-5-12(18)10(11)7-19-14-13-15(23-24-22-13)21-16(20-14)25-6-2-3-9(25)8-26/h1,4-5,9,26H,2-3,6-8,18H2,(H2,19,20,21,22,23,24). The van der Waals surface area contributed by atoms with E-state index in [0.717, 1.165) is 24.9 Å². The Bertz CT molecular complexity index is 910. The van der Waals surface area contributed by atoms with Gasteiger partial charge in [0.05, 0.1) is 12.6 Å². The second-order valence-corrected chi connectivity index (χ2v) is 6.61. The molecule has 0 saturated carbocycles. The van der Waals surface area contributed by atoms with E-state index in [4.69, 9.17) is 17.3 Å². The topological polar surface area (TPSA) is 129 Å². The van der Waals surface area contributed by atoms with Crippen LogP contribution in [0, 0.1) is 0 Å². The fraction of sp³-hybridized carbons (Fsp3) is 0.375. The number of nitrogens with two attached hydrogens (primary N) is 1. The van der Waals surface area contributed by atoms with Crippen molar-refractivity contribution in [3.05, 3.63) is 28.8 Å². The minimum Gasteiger partial charge on any atom is -0.398 e. The first kappa shape index (κ1) is 16.8. The van der Waals surface area contributed by atoms with Crippen LogP contribution in [0.3, 0.4) is 0 Å². The van der Waals surface area contributed by atoms with E-state index in [1.54, 1.807) is 12.1 Å². The van der Waals surface area contributed by atoms with Crippen LogP contribution in [0.15, 0.2) is 18.2 Å². The monoisotopic (exact) mass is 374 g/mol. The molecule has 3 aromatic rings. The molecular weight excluding hydrogens is 356 g/mol. The Morgan fingerprint density at radius 1 is 1.35 bits per heavy atom. The third kappa shape index (κ3) is 2.99. The van der Waals surface area contributed by atoms with Crippen molar-refractivity contribution in [3.63, 3.8) is 0 Å². The number of fused-ring (bicyclic) bond motifs is 1. The molecule has 2 aromatic heterocycles. The first-order chi connectivity index (χ1) is 12.7. The maximum Gasteiger partial charge on any atom is 0.229 e. The lowest BCUT2D eigenvalue weighted by atomic mass is 10.2. The molecule has 1 aliphatic heterocycles. The molecule has 0 spiro atoms. The molecule has 10 heteroatoms. The second-order valence-electron chi connectivity index (χ2n) is 6.20. The lowest BCUT2D eigenvalue weighted by Gasteiger charge is -2.23. The average Bonchev–Trinajstić information content (AvgIpc) is 3.29. The van der Waals surface area contributed by atoms with Gasteiger partial charge in [-0.3, -0.25) is 0 Å². The van der Waals surface area contributed by atoms with Gasteiger partial charge in [-0.2, -0.15) is 20.3 Å². The van der Waals surface area contributed by atoms with Crippen molar-refractivity contribution < 1.29 is 5.11 Å². The summed E-state index contributed by atoms with van der Waals surface area (Å²) in [5.74, 6) is 1.07. The zero-order valence-corrected chi connectivity index (χ0v) is 14.7. The summed E-state index contributed by atoms with van der Waals surface area (Å²) < 4.78 is 0. The van der Waals surface area contributed by atoms with Crippen molar-refractivity contribution in [2.45, 2.75) is 25.4 Å². The number of hydrogen-bond acceptors (Lipinski definition) is 8. The van der Waals surface area contributed by atoms with Crippen molar-refractivity contribution in [3.8, 4) is 0 Å². The van der Waals surface area contributed by atoms with Crippen LogP contribution >= 0.6 is 11.6 Å². The zero-order chi connectivity index (χ0) is 18.1. The quantitative estimate of drug-likeness (QED) is 0.495. The predicted octanol–water partition coefficient (Wildman–Crippen LogP) is 1.56. The number of rotatable bonds is 5. The largest absolute Gasteiger partial charge is 0.398 e. The smallest absolute Gasteiger partial charge is 0.229 e. The van der Waals surface area contributed by atoms with Crippen LogP contribution in [0.1, 0.15) is 18.4 Å². The second kappa shape index (κ2) is 6.93. The summed E-state index contributed by atoms with van der Waals surface area (Å²) in [5, 5.41) is 24.2. The molecule has 4 rings (SSSR count). The van der Waals surface area contributed by atoms with Gasteiger partial charge in [0, 0.05) is 29.4 Å². The van der Waals surface area contributed by atoms with Gasteiger partial charge < -0.3 is 21.1 Å². The van der Waals surface area contributed by atoms with E-state index >= 15 is 0 Å². The number of anilines is 3. The summed E-state index contributed by atoms with van der Waals surface area (Å²) in [6.07, 6.45) is 1.90. The van der Waals surface area contributed by atoms with E-state index in [-0.39, 0.29) is 12.6 Å². The van der Waals surface area contributed by atoms with Crippen LogP contribution in [0.5, 0.6) is 0 Å². The molecule has 1 unspecified atom stereocenters. The van der Waals surface area contributed by atoms with E-state index in [1.807, 2.05) is 11.0 Å². The van der Waals surface area contributed by atoms with Gasteiger partial charge in [0.2, 0.25) is 11.6 Å². The number of H-pyrrole nitrogens is 1. The molecule has 0 amide bonds. The zero-order valence-electron chi connectivity index (χ0n) is 14.0. The van der Waals surface area contributed by atoms with Gasteiger partial charge in [-0.25, -0.2) is 0 Å². The van der Waals surface area contributed by atoms with E-state index < -0.39 is 0 Å². The molecule has 5 N–H and O–H groups in total. The van der Waals surface area contributed by atoms with Crippen LogP contribution in [0.25, 0.3) is 11.2 Å². The summed E-state index contributed by atoms with van der Waals surface area (Å²) >= 11 is 6.24. The van der Waals surface area contributed by atoms with Gasteiger partial charge in [-0.15, -0.1) is 5.10 Å². The van der Waals surface area contributed by atoms with Gasteiger partial charge in [-0.05, 0) is 25.0 Å². The molecule has 0 radical (unpaired) electrons. The summed E-state index contributed by atoms with van der Waals surface area (Å²) in [4.78, 5) is 11.1. The number of nitrogens with zero attached hydrogens (tertiary/aromatic N) is 5. The lowest BCUT2D eigenvalue weighted by molar-refractivity contribution is 0.265. The molecule has 1 atom stereocenters. The summed E-state index contributed by atoms with van der Waals surface area (Å²) in [6, 6.07) is 5.42. The summed E-state index contributed by atoms with van der Waals surface area (Å²) in [6.45, 7) is 1.26. The Labute approximate surface area is 154 Å². The van der Waals surface area contributed by atoms with Crippen molar-refractivity contribution in [2.24, 2.45) is 0 Å². The fourth-order valence-corrected chi connectivity index (χ4v) is 3.46. The molecule has 26 heavy (non-hydrogen) atoms. The van der Waals surface area contributed by atoms with Crippen molar-refractivity contribution in [1.82, 2.24) is 25.4 Å². The molecule has 1 fully saturated rings. The predicted molar refractivity (Wildman–Crippen MR) is 100 cm³/mol. The fourth-order valence-electron chi connectivity index (χ4n) is 3.21. The normalized spacial score (nSPS) is 17.2. The van der Waals surface area contributed by atoms with Crippen LogP contribution in [-0.2, 0) is 6.54 Å². The SMILES string of the molecule is Nc1cccc(Cl)c1CNc1nc(N2CCCC2CO)nc2n[nH]nc12.